The van der Waals surface area contributed by atoms with Crippen LogP contribution < -0.4 is 10.4 Å². The average Bonchev–Trinajstić information content (AvgIpc) is 2.37. The summed E-state index contributed by atoms with van der Waals surface area (Å²) in [6.45, 7) is 0. The normalized spacial score (nSPS) is 10.2. The standard InChI is InChI=1S/C14H14Si2/c1-3-7-13(8-4-1)15-11-12-16-14-9-5-2-6-10-14/h1-10H,11-12H2. The molecule has 0 saturated heterocycles. The van der Waals surface area contributed by atoms with E-state index in [2.05, 4.69) is 60.7 Å². The smallest absolute Gasteiger partial charge is 0.0642 e. The molecule has 0 aromatic heterocycles. The quantitative estimate of drug-likeness (QED) is 0.551. The third-order valence-electron chi connectivity index (χ3n) is 2.33. The van der Waals surface area contributed by atoms with Crippen LogP contribution in [0, 0.1) is 0 Å². The molecule has 2 heteroatoms. The van der Waals surface area contributed by atoms with Gasteiger partial charge in [0.05, 0.1) is 19.0 Å². The fourth-order valence-corrected chi connectivity index (χ4v) is 3.96. The molecule has 16 heavy (non-hydrogen) atoms. The van der Waals surface area contributed by atoms with Crippen molar-refractivity contribution in [1.29, 1.82) is 0 Å². The Balaban J connectivity index is 1.70. The predicted octanol–water partition coefficient (Wildman–Crippen LogP) is 1.88. The van der Waals surface area contributed by atoms with Crippen molar-refractivity contribution in [3.8, 4) is 0 Å². The third kappa shape index (κ3) is 3.79. The van der Waals surface area contributed by atoms with Gasteiger partial charge in [0, 0.05) is 0 Å². The van der Waals surface area contributed by atoms with E-state index in [4.69, 9.17) is 0 Å². The summed E-state index contributed by atoms with van der Waals surface area (Å²) in [5.74, 6) is 0. The molecule has 0 N–H and O–H groups in total. The van der Waals surface area contributed by atoms with Gasteiger partial charge in [-0.2, -0.15) is 0 Å². The Hall–Kier alpha value is -1.13. The van der Waals surface area contributed by atoms with Gasteiger partial charge >= 0.3 is 0 Å². The molecule has 0 aliphatic heterocycles. The first-order valence-electron chi connectivity index (χ1n) is 5.53. The van der Waals surface area contributed by atoms with Gasteiger partial charge in [-0.15, -0.1) is 0 Å². The lowest BCUT2D eigenvalue weighted by atomic mass is 10.4. The van der Waals surface area contributed by atoms with E-state index in [1.807, 2.05) is 0 Å². The van der Waals surface area contributed by atoms with E-state index >= 15 is 0 Å². The molecule has 0 fully saturated rings. The van der Waals surface area contributed by atoms with Crippen LogP contribution in [0.1, 0.15) is 0 Å². The van der Waals surface area contributed by atoms with E-state index in [9.17, 15) is 0 Å². The zero-order valence-electron chi connectivity index (χ0n) is 9.19. The largest absolute Gasteiger partial charge is 0.0804 e. The molecule has 0 aliphatic carbocycles. The summed E-state index contributed by atoms with van der Waals surface area (Å²) in [6, 6.07) is 24.2. The summed E-state index contributed by atoms with van der Waals surface area (Å²) < 4.78 is 0. The molecule has 78 valence electrons. The minimum Gasteiger partial charge on any atom is -0.0642 e. The van der Waals surface area contributed by atoms with Crippen LogP contribution in [0.25, 0.3) is 0 Å². The zero-order valence-corrected chi connectivity index (χ0v) is 11.2. The molecule has 2 aromatic rings. The van der Waals surface area contributed by atoms with Crippen molar-refractivity contribution in [1.82, 2.24) is 0 Å². The van der Waals surface area contributed by atoms with Crippen LogP contribution in [0.3, 0.4) is 0 Å². The van der Waals surface area contributed by atoms with Gasteiger partial charge < -0.3 is 0 Å². The summed E-state index contributed by atoms with van der Waals surface area (Å²) in [5.41, 5.74) is 0. The van der Waals surface area contributed by atoms with Crippen molar-refractivity contribution in [2.75, 3.05) is 0 Å². The van der Waals surface area contributed by atoms with Gasteiger partial charge in [-0.05, 0) is 0 Å². The van der Waals surface area contributed by atoms with Gasteiger partial charge in [0.15, 0.2) is 0 Å². The monoisotopic (exact) mass is 238 g/mol. The molecule has 2 rings (SSSR count). The summed E-state index contributed by atoms with van der Waals surface area (Å²) in [7, 11) is 1.93. The first-order chi connectivity index (χ1) is 7.95. The molecule has 0 nitrogen and oxygen atoms in total. The Kier molecular flexibility index (Phi) is 4.58. The first-order valence-corrected chi connectivity index (χ1v) is 7.94. The highest BCUT2D eigenvalue weighted by molar-refractivity contribution is 6.58. The molecular weight excluding hydrogens is 224 g/mol. The number of rotatable bonds is 5. The van der Waals surface area contributed by atoms with Crippen molar-refractivity contribution in [2.45, 2.75) is 12.1 Å². The van der Waals surface area contributed by atoms with Crippen LogP contribution in [0.5, 0.6) is 0 Å². The molecule has 0 aliphatic rings. The van der Waals surface area contributed by atoms with E-state index in [0.29, 0.717) is 0 Å². The summed E-state index contributed by atoms with van der Waals surface area (Å²) in [5, 5.41) is 2.97. The number of hydrogen-bond acceptors (Lipinski definition) is 0. The SMILES string of the molecule is c1ccc([Si]CC[Si]c2ccccc2)cc1. The summed E-state index contributed by atoms with van der Waals surface area (Å²) in [4.78, 5) is 0. The highest BCUT2D eigenvalue weighted by atomic mass is 28.2. The molecule has 0 saturated carbocycles. The number of hydrogen-bond donors (Lipinski definition) is 0. The third-order valence-corrected chi connectivity index (χ3v) is 5.31. The van der Waals surface area contributed by atoms with Crippen molar-refractivity contribution in [3.63, 3.8) is 0 Å². The van der Waals surface area contributed by atoms with Crippen molar-refractivity contribution >= 4 is 29.4 Å². The first kappa shape index (κ1) is 11.4. The van der Waals surface area contributed by atoms with Gasteiger partial charge in [0.2, 0.25) is 0 Å². The zero-order chi connectivity index (χ0) is 11.1. The van der Waals surface area contributed by atoms with Gasteiger partial charge in [-0.25, -0.2) is 0 Å². The van der Waals surface area contributed by atoms with Crippen LogP contribution in [0.15, 0.2) is 60.7 Å². The van der Waals surface area contributed by atoms with Crippen LogP contribution in [0.4, 0.5) is 0 Å². The van der Waals surface area contributed by atoms with E-state index in [0.717, 1.165) is 19.0 Å². The molecular formula is C14H14Si2. The maximum Gasteiger partial charge on any atom is 0.0804 e. The lowest BCUT2D eigenvalue weighted by Crippen LogP contribution is -2.17. The molecule has 2 aromatic carbocycles. The number of benzene rings is 2. The average molecular weight is 238 g/mol. The van der Waals surface area contributed by atoms with E-state index in [-0.39, 0.29) is 0 Å². The summed E-state index contributed by atoms with van der Waals surface area (Å²) in [6.07, 6.45) is 0. The highest BCUT2D eigenvalue weighted by Crippen LogP contribution is 1.91. The van der Waals surface area contributed by atoms with Crippen LogP contribution in [-0.4, -0.2) is 19.0 Å². The Bertz CT molecular complexity index is 356. The van der Waals surface area contributed by atoms with Gasteiger partial charge in [-0.3, -0.25) is 0 Å². The van der Waals surface area contributed by atoms with Crippen molar-refractivity contribution in [3.05, 3.63) is 60.7 Å². The predicted molar refractivity (Wildman–Crippen MR) is 73.3 cm³/mol. The fraction of sp³-hybridized carbons (Fsp3) is 0.143. The Morgan fingerprint density at radius 3 is 1.31 bits per heavy atom. The van der Waals surface area contributed by atoms with Crippen LogP contribution in [0.2, 0.25) is 12.1 Å². The lowest BCUT2D eigenvalue weighted by Gasteiger charge is -2.00. The van der Waals surface area contributed by atoms with Gasteiger partial charge in [-0.1, -0.05) is 83.1 Å². The molecule has 0 spiro atoms. The van der Waals surface area contributed by atoms with E-state index in [1.165, 1.54) is 22.5 Å². The second-order valence-corrected chi connectivity index (χ2v) is 6.45. The molecule has 0 bridgehead atoms. The van der Waals surface area contributed by atoms with E-state index < -0.39 is 0 Å². The molecule has 0 unspecified atom stereocenters. The topological polar surface area (TPSA) is 0 Å². The van der Waals surface area contributed by atoms with Crippen LogP contribution >= 0.6 is 0 Å². The molecule has 0 heterocycles. The second-order valence-electron chi connectivity index (χ2n) is 3.59. The van der Waals surface area contributed by atoms with Gasteiger partial charge in [0.1, 0.15) is 0 Å². The highest BCUT2D eigenvalue weighted by Gasteiger charge is 1.96. The molecule has 0 atom stereocenters. The molecule has 0 amide bonds. The maximum atomic E-state index is 2.23. The second kappa shape index (κ2) is 6.45. The van der Waals surface area contributed by atoms with Gasteiger partial charge in [0.25, 0.3) is 0 Å². The maximum absolute atomic E-state index is 2.23. The van der Waals surface area contributed by atoms with Crippen molar-refractivity contribution in [2.24, 2.45) is 0 Å². The minimum absolute atomic E-state index is 0.963. The molecule has 4 radical (unpaired) electrons. The lowest BCUT2D eigenvalue weighted by molar-refractivity contribution is 1.43. The Morgan fingerprint density at radius 2 is 0.938 bits per heavy atom. The van der Waals surface area contributed by atoms with Crippen molar-refractivity contribution < 1.29 is 0 Å². The van der Waals surface area contributed by atoms with Crippen LogP contribution in [-0.2, 0) is 0 Å². The summed E-state index contributed by atoms with van der Waals surface area (Å²) >= 11 is 0. The van der Waals surface area contributed by atoms with E-state index in [1.54, 1.807) is 0 Å². The Labute approximate surface area is 102 Å². The Morgan fingerprint density at radius 1 is 0.562 bits per heavy atom. The minimum atomic E-state index is 0.963. The fourth-order valence-electron chi connectivity index (χ4n) is 1.53.